The van der Waals surface area contributed by atoms with Crippen molar-refractivity contribution in [3.05, 3.63) is 0 Å². The molecule has 4 saturated heterocycles. The lowest BCUT2D eigenvalue weighted by Crippen LogP contribution is -2.09. The van der Waals surface area contributed by atoms with Crippen molar-refractivity contribution in [2.45, 2.75) is 25.7 Å². The van der Waals surface area contributed by atoms with Crippen LogP contribution in [0.3, 0.4) is 0 Å². The van der Waals surface area contributed by atoms with E-state index in [1.165, 1.54) is 0 Å². The third-order valence-corrected chi connectivity index (χ3v) is 12.0. The van der Waals surface area contributed by atoms with Crippen LogP contribution in [-0.2, 0) is 9.13 Å². The Hall–Kier alpha value is 0.300. The van der Waals surface area contributed by atoms with E-state index in [1.807, 2.05) is 0 Å². The Kier molecular flexibility index (Phi) is 4.30. The van der Waals surface area contributed by atoms with Gasteiger partial charge in [-0.15, -0.1) is 0 Å². The van der Waals surface area contributed by atoms with E-state index >= 15 is 0 Å². The Morgan fingerprint density at radius 3 is 1.00 bits per heavy atom. The van der Waals surface area contributed by atoms with Crippen LogP contribution in [0.2, 0.25) is 0 Å². The fourth-order valence-corrected chi connectivity index (χ4v) is 9.32. The molecule has 0 spiro atoms. The van der Waals surface area contributed by atoms with E-state index in [1.54, 1.807) is 0 Å². The zero-order valence-electron chi connectivity index (χ0n) is 13.4. The predicted octanol–water partition coefficient (Wildman–Crippen LogP) is 2.20. The molecule has 126 valence electrons. The van der Waals surface area contributed by atoms with Gasteiger partial charge >= 0.3 is 0 Å². The molecule has 4 rings (SSSR count). The third-order valence-electron chi connectivity index (χ3n) is 5.11. The zero-order valence-corrected chi connectivity index (χ0v) is 15.2. The van der Waals surface area contributed by atoms with Crippen LogP contribution in [0.1, 0.15) is 25.7 Å². The first-order chi connectivity index (χ1) is 10.6. The van der Waals surface area contributed by atoms with Gasteiger partial charge in [0.25, 0.3) is 0 Å². The van der Waals surface area contributed by atoms with Crippen molar-refractivity contribution >= 4 is 14.9 Å². The molecule has 0 atom stereocenters. The number of unbranched alkanes of at least 4 members (excludes halogenated alkanes) is 3. The maximum Gasteiger partial charge on any atom is 0.216 e. The highest BCUT2D eigenvalue weighted by atomic mass is 31.2. The van der Waals surface area contributed by atoms with Crippen LogP contribution in [-0.4, -0.2) is 83.4 Å². The minimum Gasteiger partial charge on any atom is -0.289 e. The van der Waals surface area contributed by atoms with Gasteiger partial charge in [0.2, 0.25) is 14.9 Å². The molecule has 0 aromatic carbocycles. The van der Waals surface area contributed by atoms with Gasteiger partial charge in [-0.1, -0.05) is 12.8 Å². The van der Waals surface area contributed by atoms with Crippen molar-refractivity contribution in [2.24, 2.45) is 0 Å². The zero-order chi connectivity index (χ0) is 15.2. The van der Waals surface area contributed by atoms with Gasteiger partial charge in [0, 0.05) is 64.7 Å². The fraction of sp³-hybridized carbons (Fsp3) is 1.00. The van der Waals surface area contributed by atoms with E-state index in [-0.39, 0.29) is 0 Å². The van der Waals surface area contributed by atoms with E-state index in [4.69, 9.17) is 0 Å². The van der Waals surface area contributed by atoms with Crippen LogP contribution in [0, 0.1) is 0 Å². The summed E-state index contributed by atoms with van der Waals surface area (Å²) in [4.78, 5) is 0. The Balaban J connectivity index is 1.15. The molecule has 0 amide bonds. The van der Waals surface area contributed by atoms with E-state index in [0.29, 0.717) is 0 Å². The molecule has 4 heterocycles. The fourth-order valence-electron chi connectivity index (χ4n) is 3.34. The van der Waals surface area contributed by atoms with Gasteiger partial charge in [-0.2, -0.15) is 0 Å². The molecule has 0 bridgehead atoms. The first kappa shape index (κ1) is 15.8. The van der Waals surface area contributed by atoms with E-state index < -0.39 is 14.9 Å². The minimum absolute atomic E-state index is 0.864. The lowest BCUT2D eigenvalue weighted by molar-refractivity contribution is 0.508. The molecule has 0 aromatic rings. The molecular weight excluding hydrogens is 318 g/mol. The van der Waals surface area contributed by atoms with Gasteiger partial charge in [-0.05, 0) is 12.8 Å². The summed E-state index contributed by atoms with van der Waals surface area (Å²) in [7, 11) is -4.28. The summed E-state index contributed by atoms with van der Waals surface area (Å²) in [6, 6.07) is 0. The summed E-state index contributed by atoms with van der Waals surface area (Å²) in [5.41, 5.74) is 0. The molecule has 0 radical (unpaired) electrons. The van der Waals surface area contributed by atoms with Gasteiger partial charge in [-0.25, -0.2) is 18.7 Å². The third kappa shape index (κ3) is 3.38. The van der Waals surface area contributed by atoms with Crippen molar-refractivity contribution in [2.75, 3.05) is 64.7 Å². The lowest BCUT2D eigenvalue weighted by atomic mass is 10.2. The Morgan fingerprint density at radius 1 is 0.500 bits per heavy atom. The number of rotatable bonds is 11. The van der Waals surface area contributed by atoms with Gasteiger partial charge in [0.15, 0.2) is 0 Å². The Morgan fingerprint density at radius 2 is 0.773 bits per heavy atom. The molecule has 0 N–H and O–H groups in total. The molecule has 4 fully saturated rings. The van der Waals surface area contributed by atoms with E-state index in [2.05, 4.69) is 18.7 Å². The van der Waals surface area contributed by atoms with Crippen molar-refractivity contribution in [3.63, 3.8) is 0 Å². The molecular formula is C14H28N4O2P2. The Labute approximate surface area is 133 Å². The highest BCUT2D eigenvalue weighted by molar-refractivity contribution is 7.60. The number of hydrogen-bond donors (Lipinski definition) is 0. The summed E-state index contributed by atoms with van der Waals surface area (Å²) < 4.78 is 34.5. The molecule has 4 aliphatic heterocycles. The first-order valence-electron chi connectivity index (χ1n) is 8.83. The standard InChI is InChI=1S/C14H28N4O2P2/c19-21(15-5-6-15,16-7-8-16)13-3-1-2-4-14-22(20,17-9-10-17)18-11-12-18/h1-14H2. The van der Waals surface area contributed by atoms with Crippen molar-refractivity contribution in [1.82, 2.24) is 18.7 Å². The summed E-state index contributed by atoms with van der Waals surface area (Å²) in [5, 5.41) is 0. The van der Waals surface area contributed by atoms with Gasteiger partial charge in [-0.3, -0.25) is 9.13 Å². The number of nitrogens with zero attached hydrogens (tertiary/aromatic N) is 4. The maximum atomic E-state index is 12.9. The van der Waals surface area contributed by atoms with Crippen molar-refractivity contribution in [1.29, 1.82) is 0 Å². The normalized spacial score (nSPS) is 26.4. The van der Waals surface area contributed by atoms with Gasteiger partial charge in [0.05, 0.1) is 0 Å². The first-order valence-corrected chi connectivity index (χ1v) is 12.4. The highest BCUT2D eigenvalue weighted by Gasteiger charge is 2.47. The van der Waals surface area contributed by atoms with Crippen LogP contribution >= 0.6 is 14.9 Å². The molecule has 0 aliphatic carbocycles. The smallest absolute Gasteiger partial charge is 0.216 e. The van der Waals surface area contributed by atoms with Crippen LogP contribution < -0.4 is 0 Å². The molecule has 0 saturated carbocycles. The molecule has 22 heavy (non-hydrogen) atoms. The summed E-state index contributed by atoms with van der Waals surface area (Å²) in [6.45, 7) is 8.24. The molecule has 8 heteroatoms. The molecule has 0 unspecified atom stereocenters. The number of hydrogen-bond acceptors (Lipinski definition) is 2. The van der Waals surface area contributed by atoms with Crippen molar-refractivity contribution < 1.29 is 9.13 Å². The average Bonchev–Trinajstić information content (AvgIpc) is 3.40. The second kappa shape index (κ2) is 5.98. The minimum atomic E-state index is -2.14. The molecule has 4 aliphatic rings. The monoisotopic (exact) mass is 346 g/mol. The van der Waals surface area contributed by atoms with Gasteiger partial charge < -0.3 is 0 Å². The quantitative estimate of drug-likeness (QED) is 0.325. The van der Waals surface area contributed by atoms with Crippen LogP contribution in [0.25, 0.3) is 0 Å². The summed E-state index contributed by atoms with van der Waals surface area (Å²) in [5.74, 6) is 0. The second-order valence-electron chi connectivity index (χ2n) is 7.01. The van der Waals surface area contributed by atoms with Gasteiger partial charge in [0.1, 0.15) is 0 Å². The molecule has 0 aromatic heterocycles. The van der Waals surface area contributed by atoms with Crippen LogP contribution in [0.4, 0.5) is 0 Å². The summed E-state index contributed by atoms with van der Waals surface area (Å²) >= 11 is 0. The topological polar surface area (TPSA) is 46.2 Å². The Bertz CT molecular complexity index is 435. The lowest BCUT2D eigenvalue weighted by Gasteiger charge is -2.21. The average molecular weight is 346 g/mol. The largest absolute Gasteiger partial charge is 0.289 e. The maximum absolute atomic E-state index is 12.9. The van der Waals surface area contributed by atoms with Crippen LogP contribution in [0.5, 0.6) is 0 Å². The SMILES string of the molecule is O=P(CCCCCCP(=O)(N1CC1)N1CC1)(N1CC1)N1CC1. The second-order valence-corrected chi connectivity index (χ2v) is 12.8. The van der Waals surface area contributed by atoms with E-state index in [9.17, 15) is 9.13 Å². The summed E-state index contributed by atoms with van der Waals surface area (Å²) in [6.07, 6.45) is 6.10. The molecule has 6 nitrogen and oxygen atoms in total. The van der Waals surface area contributed by atoms with Crippen LogP contribution in [0.15, 0.2) is 0 Å². The van der Waals surface area contributed by atoms with Crippen molar-refractivity contribution in [3.8, 4) is 0 Å². The van der Waals surface area contributed by atoms with E-state index in [0.717, 1.165) is 90.4 Å². The predicted molar refractivity (Wildman–Crippen MR) is 89.7 cm³/mol. The highest BCUT2D eigenvalue weighted by Crippen LogP contribution is 2.61.